The summed E-state index contributed by atoms with van der Waals surface area (Å²) in [6, 6.07) is 0. The van der Waals surface area contributed by atoms with Gasteiger partial charge in [0.1, 0.15) is 5.60 Å². The number of aliphatic hydroxyl groups is 2. The molecule has 0 radical (unpaired) electrons. The van der Waals surface area contributed by atoms with Gasteiger partial charge in [0.25, 0.3) is 0 Å². The summed E-state index contributed by atoms with van der Waals surface area (Å²) in [6.07, 6.45) is 7.36. The third-order valence-electron chi connectivity index (χ3n) is 6.96. The summed E-state index contributed by atoms with van der Waals surface area (Å²) in [4.78, 5) is 4.74. The molecule has 0 saturated heterocycles. The lowest BCUT2D eigenvalue weighted by molar-refractivity contribution is -0.303. The molecular formula is C20H34O4. The minimum Gasteiger partial charge on any atom is -0.389 e. The highest BCUT2D eigenvalue weighted by Crippen LogP contribution is 2.61. The Balaban J connectivity index is 2.31. The van der Waals surface area contributed by atoms with Crippen molar-refractivity contribution in [2.45, 2.75) is 83.5 Å². The van der Waals surface area contributed by atoms with Crippen LogP contribution in [0.25, 0.3) is 0 Å². The maximum Gasteiger partial charge on any atom is 0.119 e. The maximum absolute atomic E-state index is 11.7. The van der Waals surface area contributed by atoms with E-state index in [1.54, 1.807) is 13.0 Å². The molecule has 5 atom stereocenters. The first kappa shape index (κ1) is 19.6. The van der Waals surface area contributed by atoms with Gasteiger partial charge in [0.05, 0.1) is 11.2 Å². The first-order chi connectivity index (χ1) is 10.9. The monoisotopic (exact) mass is 338 g/mol. The summed E-state index contributed by atoms with van der Waals surface area (Å²) in [6.45, 7) is 13.4. The second-order valence-electron chi connectivity index (χ2n) is 8.90. The summed E-state index contributed by atoms with van der Waals surface area (Å²) in [5, 5.41) is 31.3. The molecule has 1 unspecified atom stereocenters. The summed E-state index contributed by atoms with van der Waals surface area (Å²) in [5.41, 5.74) is -1.81. The Bertz CT molecular complexity index is 522. The molecule has 0 aliphatic heterocycles. The molecule has 0 aromatic heterocycles. The zero-order valence-corrected chi connectivity index (χ0v) is 15.8. The minimum atomic E-state index is -0.971. The number of rotatable bonds is 6. The summed E-state index contributed by atoms with van der Waals surface area (Å²) < 4.78 is 0. The maximum atomic E-state index is 11.7. The first-order valence-electron chi connectivity index (χ1n) is 9.05. The molecule has 4 heteroatoms. The van der Waals surface area contributed by atoms with E-state index >= 15 is 0 Å². The minimum absolute atomic E-state index is 0.158. The number of allylic oxidation sites excluding steroid dienone is 1. The van der Waals surface area contributed by atoms with Crippen LogP contribution in [0, 0.1) is 17.3 Å². The molecule has 24 heavy (non-hydrogen) atoms. The zero-order chi connectivity index (χ0) is 18.4. The fourth-order valence-corrected chi connectivity index (χ4v) is 4.92. The summed E-state index contributed by atoms with van der Waals surface area (Å²) in [7, 11) is 0. The highest BCUT2D eigenvalue weighted by molar-refractivity contribution is 5.31. The Hall–Kier alpha value is -0.680. The second-order valence-corrected chi connectivity index (χ2v) is 8.90. The Labute approximate surface area is 146 Å². The number of hydrogen-bond donors (Lipinski definition) is 3. The Morgan fingerprint density at radius 1 is 1.38 bits per heavy atom. The molecule has 2 aliphatic carbocycles. The van der Waals surface area contributed by atoms with Gasteiger partial charge in [-0.2, -0.15) is 0 Å². The van der Waals surface area contributed by atoms with E-state index in [2.05, 4.69) is 26.5 Å². The molecule has 3 N–H and O–H groups in total. The molecule has 138 valence electrons. The lowest BCUT2D eigenvalue weighted by Gasteiger charge is -2.56. The summed E-state index contributed by atoms with van der Waals surface area (Å²) in [5.74, 6) is 0.333. The van der Waals surface area contributed by atoms with E-state index in [9.17, 15) is 15.5 Å². The molecule has 0 amide bonds. The molecule has 0 bridgehead atoms. The van der Waals surface area contributed by atoms with Crippen molar-refractivity contribution >= 4 is 0 Å². The molecule has 1 saturated carbocycles. The topological polar surface area (TPSA) is 69.9 Å². The van der Waals surface area contributed by atoms with Crippen LogP contribution < -0.4 is 0 Å². The van der Waals surface area contributed by atoms with E-state index in [4.69, 9.17) is 4.89 Å². The van der Waals surface area contributed by atoms with Gasteiger partial charge in [0.2, 0.25) is 0 Å². The van der Waals surface area contributed by atoms with Gasteiger partial charge >= 0.3 is 0 Å². The summed E-state index contributed by atoms with van der Waals surface area (Å²) >= 11 is 0. The quantitative estimate of drug-likeness (QED) is 0.388. The van der Waals surface area contributed by atoms with Crippen molar-refractivity contribution < 1.29 is 20.4 Å². The van der Waals surface area contributed by atoms with Crippen molar-refractivity contribution in [3.8, 4) is 0 Å². The largest absolute Gasteiger partial charge is 0.389 e. The van der Waals surface area contributed by atoms with E-state index in [0.29, 0.717) is 12.8 Å². The van der Waals surface area contributed by atoms with Crippen LogP contribution in [-0.4, -0.2) is 32.3 Å². The van der Waals surface area contributed by atoms with Crippen molar-refractivity contribution in [3.63, 3.8) is 0 Å². The van der Waals surface area contributed by atoms with E-state index < -0.39 is 16.8 Å². The fourth-order valence-electron chi connectivity index (χ4n) is 4.92. The van der Waals surface area contributed by atoms with Crippen LogP contribution in [-0.2, 0) is 4.89 Å². The molecule has 0 aromatic rings. The van der Waals surface area contributed by atoms with E-state index in [0.717, 1.165) is 24.8 Å². The van der Waals surface area contributed by atoms with Gasteiger partial charge in [0, 0.05) is 5.41 Å². The number of fused-ring (bicyclic) bond motifs is 1. The second kappa shape index (κ2) is 6.24. The highest BCUT2D eigenvalue weighted by Gasteiger charge is 2.60. The van der Waals surface area contributed by atoms with Crippen molar-refractivity contribution in [3.05, 3.63) is 24.3 Å². The normalized spacial score (nSPS) is 39.1. The molecule has 0 heterocycles. The third-order valence-corrected chi connectivity index (χ3v) is 6.96. The fraction of sp³-hybridized carbons (Fsp3) is 0.800. The average molecular weight is 338 g/mol. The van der Waals surface area contributed by atoms with Gasteiger partial charge in [0.15, 0.2) is 0 Å². The molecule has 4 nitrogen and oxygen atoms in total. The first-order valence-corrected chi connectivity index (χ1v) is 9.05. The Morgan fingerprint density at radius 3 is 2.54 bits per heavy atom. The van der Waals surface area contributed by atoms with Crippen LogP contribution >= 0.6 is 0 Å². The van der Waals surface area contributed by atoms with Gasteiger partial charge in [-0.3, -0.25) is 5.26 Å². The van der Waals surface area contributed by atoms with Crippen LogP contribution in [0.4, 0.5) is 0 Å². The lowest BCUT2D eigenvalue weighted by atomic mass is 9.52. The van der Waals surface area contributed by atoms with Gasteiger partial charge < -0.3 is 10.2 Å². The van der Waals surface area contributed by atoms with Crippen molar-refractivity contribution in [2.75, 3.05) is 0 Å². The van der Waals surface area contributed by atoms with Crippen LogP contribution in [0.1, 0.15) is 66.7 Å². The van der Waals surface area contributed by atoms with E-state index in [1.165, 1.54) is 0 Å². The van der Waals surface area contributed by atoms with Gasteiger partial charge in [-0.1, -0.05) is 26.0 Å². The van der Waals surface area contributed by atoms with E-state index in [1.807, 2.05) is 13.8 Å². The average Bonchev–Trinajstić information content (AvgIpc) is 2.89. The van der Waals surface area contributed by atoms with Crippen LogP contribution in [0.5, 0.6) is 0 Å². The van der Waals surface area contributed by atoms with Crippen LogP contribution in [0.3, 0.4) is 0 Å². The van der Waals surface area contributed by atoms with Crippen molar-refractivity contribution in [2.24, 2.45) is 17.3 Å². The highest BCUT2D eigenvalue weighted by atomic mass is 17.1. The standard InChI is InChI=1S/C20H34O4/c1-7-18(5,21)12-13-20(22)14(2)8-9-16-15(17(3,4)24-23)10-11-19(16,20)6/h7,10,14,16,21-23H,1,8-9,11-13H2,2-6H3/t14-,16+,18-,19+,20?/m0/s1. The van der Waals surface area contributed by atoms with Crippen molar-refractivity contribution in [1.29, 1.82) is 0 Å². The van der Waals surface area contributed by atoms with Crippen LogP contribution in [0.15, 0.2) is 24.3 Å². The van der Waals surface area contributed by atoms with Gasteiger partial charge in [-0.25, -0.2) is 4.89 Å². The molecule has 0 aromatic carbocycles. The molecular weight excluding hydrogens is 304 g/mol. The molecule has 0 spiro atoms. The molecule has 2 rings (SSSR count). The van der Waals surface area contributed by atoms with Gasteiger partial charge in [-0.15, -0.1) is 6.58 Å². The SMILES string of the molecule is C=C[C@](C)(O)CCC1(O)[C@@H](C)CC[C@@H]2C(C(C)(C)OO)=CC[C@]21C. The van der Waals surface area contributed by atoms with E-state index in [-0.39, 0.29) is 17.3 Å². The lowest BCUT2D eigenvalue weighted by Crippen LogP contribution is -2.58. The predicted molar refractivity (Wildman–Crippen MR) is 95.5 cm³/mol. The third kappa shape index (κ3) is 2.98. The smallest absolute Gasteiger partial charge is 0.119 e. The number of hydrogen-bond acceptors (Lipinski definition) is 4. The van der Waals surface area contributed by atoms with Gasteiger partial charge in [-0.05, 0) is 70.3 Å². The van der Waals surface area contributed by atoms with Crippen molar-refractivity contribution in [1.82, 2.24) is 0 Å². The molecule has 2 aliphatic rings. The Kier molecular flexibility index (Phi) is 5.11. The predicted octanol–water partition coefficient (Wildman–Crippen LogP) is 4.09. The Morgan fingerprint density at radius 2 is 2.00 bits per heavy atom. The van der Waals surface area contributed by atoms with Crippen LogP contribution in [0.2, 0.25) is 0 Å². The zero-order valence-electron chi connectivity index (χ0n) is 15.8. The molecule has 1 fully saturated rings.